The monoisotopic (exact) mass is 291 g/mol. The zero-order valence-electron chi connectivity index (χ0n) is 12.2. The first-order valence-electron chi connectivity index (χ1n) is 8.32. The highest BCUT2D eigenvalue weighted by Gasteiger charge is 2.41. The van der Waals surface area contributed by atoms with E-state index in [1.807, 2.05) is 11.3 Å². The molecule has 1 spiro atoms. The van der Waals surface area contributed by atoms with Crippen LogP contribution in [0.15, 0.2) is 6.07 Å². The molecule has 2 heterocycles. The van der Waals surface area contributed by atoms with Gasteiger partial charge in [-0.2, -0.15) is 0 Å². The van der Waals surface area contributed by atoms with Gasteiger partial charge in [0.15, 0.2) is 0 Å². The van der Waals surface area contributed by atoms with Crippen molar-refractivity contribution < 1.29 is 4.74 Å². The Hall–Kier alpha value is -0.380. The highest BCUT2D eigenvalue weighted by atomic mass is 32.1. The number of fused-ring (bicyclic) bond motifs is 1. The summed E-state index contributed by atoms with van der Waals surface area (Å²) in [6.07, 6.45) is 12.4. The maximum absolute atomic E-state index is 6.35. The summed E-state index contributed by atoms with van der Waals surface area (Å²) in [4.78, 5) is 3.16. The first kappa shape index (κ1) is 13.3. The van der Waals surface area contributed by atoms with E-state index < -0.39 is 0 Å². The van der Waals surface area contributed by atoms with Gasteiger partial charge in [0.2, 0.25) is 0 Å². The van der Waals surface area contributed by atoms with Gasteiger partial charge in [-0.25, -0.2) is 0 Å². The van der Waals surface area contributed by atoms with Crippen LogP contribution in [-0.4, -0.2) is 18.2 Å². The number of hydrogen-bond donors (Lipinski definition) is 1. The Balaban J connectivity index is 1.25. The fourth-order valence-corrected chi connectivity index (χ4v) is 5.49. The SMILES string of the molecule is c1c(CNCC2CCC3(CCCC3)O2)sc2c1CCC2. The van der Waals surface area contributed by atoms with Gasteiger partial charge >= 0.3 is 0 Å². The Morgan fingerprint density at radius 3 is 2.95 bits per heavy atom. The van der Waals surface area contributed by atoms with Gasteiger partial charge in [-0.05, 0) is 56.6 Å². The highest BCUT2D eigenvalue weighted by molar-refractivity contribution is 7.12. The normalized spacial score (nSPS) is 27.5. The van der Waals surface area contributed by atoms with E-state index in [-0.39, 0.29) is 5.60 Å². The number of nitrogens with one attached hydrogen (secondary N) is 1. The molecule has 1 unspecified atom stereocenters. The Morgan fingerprint density at radius 2 is 2.10 bits per heavy atom. The molecule has 2 aliphatic carbocycles. The summed E-state index contributed by atoms with van der Waals surface area (Å²) in [5.41, 5.74) is 1.91. The van der Waals surface area contributed by atoms with Gasteiger partial charge in [-0.1, -0.05) is 12.8 Å². The van der Waals surface area contributed by atoms with Crippen LogP contribution in [0, 0.1) is 0 Å². The van der Waals surface area contributed by atoms with Crippen LogP contribution in [0.1, 0.15) is 60.3 Å². The van der Waals surface area contributed by atoms with Crippen molar-refractivity contribution in [3.8, 4) is 0 Å². The summed E-state index contributed by atoms with van der Waals surface area (Å²) in [6.45, 7) is 2.06. The number of rotatable bonds is 4. The smallest absolute Gasteiger partial charge is 0.0708 e. The van der Waals surface area contributed by atoms with Crippen LogP contribution in [0.2, 0.25) is 0 Å². The Kier molecular flexibility index (Phi) is 3.61. The predicted octanol–water partition coefficient (Wildman–Crippen LogP) is 3.82. The zero-order chi connectivity index (χ0) is 13.4. The third-order valence-electron chi connectivity index (χ3n) is 5.32. The van der Waals surface area contributed by atoms with Crippen molar-refractivity contribution in [2.45, 2.75) is 76.0 Å². The van der Waals surface area contributed by atoms with Crippen molar-refractivity contribution in [2.24, 2.45) is 0 Å². The van der Waals surface area contributed by atoms with E-state index in [0.717, 1.165) is 13.1 Å². The number of thiophene rings is 1. The third kappa shape index (κ3) is 2.56. The molecule has 1 aromatic rings. The average Bonchev–Trinajstić information content (AvgIpc) is 3.17. The van der Waals surface area contributed by atoms with Crippen LogP contribution in [0.3, 0.4) is 0 Å². The van der Waals surface area contributed by atoms with Gasteiger partial charge in [-0.3, -0.25) is 0 Å². The number of ether oxygens (including phenoxy) is 1. The van der Waals surface area contributed by atoms with Crippen LogP contribution >= 0.6 is 11.3 Å². The molecule has 3 aliphatic rings. The summed E-state index contributed by atoms with van der Waals surface area (Å²) in [7, 11) is 0. The van der Waals surface area contributed by atoms with E-state index in [9.17, 15) is 0 Å². The van der Waals surface area contributed by atoms with Crippen molar-refractivity contribution in [3.63, 3.8) is 0 Å². The van der Waals surface area contributed by atoms with E-state index >= 15 is 0 Å². The first-order valence-corrected chi connectivity index (χ1v) is 9.14. The lowest BCUT2D eigenvalue weighted by Gasteiger charge is -2.23. The molecule has 1 saturated carbocycles. The molecule has 1 aliphatic heterocycles. The maximum Gasteiger partial charge on any atom is 0.0708 e. The maximum atomic E-state index is 6.35. The largest absolute Gasteiger partial charge is 0.370 e. The summed E-state index contributed by atoms with van der Waals surface area (Å²) in [5.74, 6) is 0. The molecule has 2 nitrogen and oxygen atoms in total. The highest BCUT2D eigenvalue weighted by Crippen LogP contribution is 2.43. The van der Waals surface area contributed by atoms with Gasteiger partial charge in [0.05, 0.1) is 11.7 Å². The molecule has 4 rings (SSSR count). The van der Waals surface area contributed by atoms with Crippen LogP contribution in [0.5, 0.6) is 0 Å². The van der Waals surface area contributed by atoms with Crippen molar-refractivity contribution in [2.75, 3.05) is 6.54 Å². The van der Waals surface area contributed by atoms with Crippen molar-refractivity contribution in [1.29, 1.82) is 0 Å². The van der Waals surface area contributed by atoms with Crippen LogP contribution in [0.25, 0.3) is 0 Å². The summed E-state index contributed by atoms with van der Waals surface area (Å²) >= 11 is 2.02. The molecule has 3 heteroatoms. The Morgan fingerprint density at radius 1 is 1.20 bits per heavy atom. The lowest BCUT2D eigenvalue weighted by Crippen LogP contribution is -2.30. The molecule has 1 atom stereocenters. The molecular formula is C17H25NOS. The quantitative estimate of drug-likeness (QED) is 0.910. The van der Waals surface area contributed by atoms with Gasteiger partial charge in [0.1, 0.15) is 0 Å². The molecule has 1 aromatic heterocycles. The molecule has 2 fully saturated rings. The third-order valence-corrected chi connectivity index (χ3v) is 6.56. The summed E-state index contributed by atoms with van der Waals surface area (Å²) < 4.78 is 6.35. The van der Waals surface area contributed by atoms with Crippen molar-refractivity contribution >= 4 is 11.3 Å². The minimum Gasteiger partial charge on any atom is -0.370 e. The van der Waals surface area contributed by atoms with Gasteiger partial charge in [-0.15, -0.1) is 11.3 Å². The van der Waals surface area contributed by atoms with Gasteiger partial charge in [0.25, 0.3) is 0 Å². The molecular weight excluding hydrogens is 266 g/mol. The van der Waals surface area contributed by atoms with Crippen molar-refractivity contribution in [1.82, 2.24) is 5.32 Å². The van der Waals surface area contributed by atoms with Crippen LogP contribution in [0.4, 0.5) is 0 Å². The Bertz CT molecular complexity index is 454. The topological polar surface area (TPSA) is 21.3 Å². The minimum atomic E-state index is 0.288. The second kappa shape index (κ2) is 5.43. The second-order valence-corrected chi connectivity index (χ2v) is 8.04. The molecule has 20 heavy (non-hydrogen) atoms. The van der Waals surface area contributed by atoms with E-state index in [1.54, 1.807) is 10.4 Å². The van der Waals surface area contributed by atoms with Gasteiger partial charge in [0, 0.05) is 22.8 Å². The van der Waals surface area contributed by atoms with E-state index in [1.165, 1.54) is 62.7 Å². The molecule has 1 saturated heterocycles. The Labute approximate surface area is 125 Å². The summed E-state index contributed by atoms with van der Waals surface area (Å²) in [5, 5.41) is 3.62. The molecule has 110 valence electrons. The van der Waals surface area contributed by atoms with Crippen LogP contribution in [-0.2, 0) is 24.1 Å². The molecule has 1 N–H and O–H groups in total. The molecule has 0 radical (unpaired) electrons. The lowest BCUT2D eigenvalue weighted by molar-refractivity contribution is -0.0351. The van der Waals surface area contributed by atoms with E-state index in [4.69, 9.17) is 4.74 Å². The summed E-state index contributed by atoms with van der Waals surface area (Å²) in [6, 6.07) is 2.42. The van der Waals surface area contributed by atoms with Gasteiger partial charge < -0.3 is 10.1 Å². The fourth-order valence-electron chi connectivity index (χ4n) is 4.26. The van der Waals surface area contributed by atoms with E-state index in [2.05, 4.69) is 11.4 Å². The van der Waals surface area contributed by atoms with Crippen molar-refractivity contribution in [3.05, 3.63) is 21.4 Å². The predicted molar refractivity (Wildman–Crippen MR) is 83.4 cm³/mol. The number of aryl methyl sites for hydroxylation is 2. The zero-order valence-corrected chi connectivity index (χ0v) is 13.1. The first-order chi connectivity index (χ1) is 9.83. The van der Waals surface area contributed by atoms with E-state index in [0.29, 0.717) is 6.10 Å². The second-order valence-electron chi connectivity index (χ2n) is 6.81. The molecule has 0 aromatic carbocycles. The van der Waals surface area contributed by atoms with Crippen LogP contribution < -0.4 is 5.32 Å². The average molecular weight is 291 g/mol. The lowest BCUT2D eigenvalue weighted by atomic mass is 9.98. The fraction of sp³-hybridized carbons (Fsp3) is 0.765. The number of hydrogen-bond acceptors (Lipinski definition) is 3. The standard InChI is InChI=1S/C17H25NOS/c1-2-8-17(7-1)9-6-14(19-17)11-18-12-15-10-13-4-3-5-16(13)20-15/h10,14,18H,1-9,11-12H2. The minimum absolute atomic E-state index is 0.288. The molecule has 0 bridgehead atoms. The molecule has 0 amide bonds.